The lowest BCUT2D eigenvalue weighted by atomic mass is 9.98. The minimum absolute atomic E-state index is 0.0470. The summed E-state index contributed by atoms with van der Waals surface area (Å²) in [5, 5.41) is 14.4. The van der Waals surface area contributed by atoms with Crippen LogP contribution in [0, 0.1) is 0 Å². The summed E-state index contributed by atoms with van der Waals surface area (Å²) in [5.74, 6) is 1.43. The van der Waals surface area contributed by atoms with Crippen molar-refractivity contribution >= 4 is 11.2 Å². The Hall–Kier alpha value is -5.12. The van der Waals surface area contributed by atoms with Crippen molar-refractivity contribution in [2.24, 2.45) is 0 Å². The predicted molar refractivity (Wildman–Crippen MR) is 167 cm³/mol. The zero-order valence-electron chi connectivity index (χ0n) is 24.6. The van der Waals surface area contributed by atoms with Crippen LogP contribution >= 0.6 is 0 Å². The highest BCUT2D eigenvalue weighted by atomic mass is 16.2. The molecule has 0 saturated heterocycles. The topological polar surface area (TPSA) is 116 Å². The molecule has 0 radical (unpaired) electrons. The molecule has 0 amide bonds. The molecule has 0 fully saturated rings. The maximum atomic E-state index is 13.9. The Morgan fingerprint density at radius 1 is 0.791 bits per heavy atom. The Morgan fingerprint density at radius 2 is 1.51 bits per heavy atom. The largest absolute Gasteiger partial charge is 0.332 e. The van der Waals surface area contributed by atoms with E-state index in [0.29, 0.717) is 49.5 Å². The standard InChI is InChI=1S/C33H34N8O2/c1-4-19-40-32(42)28-31(39(33(40)43)20-18-23-10-6-5-7-11-23)34-30(22(2)3)41(28)21-24-14-16-25(17-15-24)26-12-8-9-13-27(26)29-35-37-38-36-29/h5-17,22H,4,18-21H2,1-3H3,(H,35,36,37,38). The average molecular weight is 575 g/mol. The number of imidazole rings is 1. The summed E-state index contributed by atoms with van der Waals surface area (Å²) in [6.07, 6.45) is 1.34. The van der Waals surface area contributed by atoms with Gasteiger partial charge in [0, 0.05) is 31.1 Å². The van der Waals surface area contributed by atoms with Gasteiger partial charge in [-0.3, -0.25) is 13.9 Å². The first-order valence-electron chi connectivity index (χ1n) is 14.7. The van der Waals surface area contributed by atoms with Crippen molar-refractivity contribution in [1.82, 2.24) is 39.3 Å². The second kappa shape index (κ2) is 12.0. The van der Waals surface area contributed by atoms with Gasteiger partial charge >= 0.3 is 5.69 Å². The van der Waals surface area contributed by atoms with Crippen LogP contribution in [0.3, 0.4) is 0 Å². The van der Waals surface area contributed by atoms with Crippen molar-refractivity contribution in [1.29, 1.82) is 0 Å². The maximum absolute atomic E-state index is 13.9. The number of nitrogens with zero attached hydrogens (tertiary/aromatic N) is 7. The number of aromatic nitrogens is 8. The normalized spacial score (nSPS) is 11.5. The first-order valence-corrected chi connectivity index (χ1v) is 14.7. The molecule has 10 heteroatoms. The lowest BCUT2D eigenvalue weighted by Crippen LogP contribution is -2.41. The van der Waals surface area contributed by atoms with E-state index in [1.54, 1.807) is 4.57 Å². The van der Waals surface area contributed by atoms with Crippen molar-refractivity contribution in [3.8, 4) is 22.5 Å². The van der Waals surface area contributed by atoms with Gasteiger partial charge in [-0.2, -0.15) is 0 Å². The minimum atomic E-state index is -0.305. The monoisotopic (exact) mass is 574 g/mol. The number of rotatable bonds is 10. The third-order valence-electron chi connectivity index (χ3n) is 7.71. The first-order chi connectivity index (χ1) is 21.0. The van der Waals surface area contributed by atoms with E-state index in [1.165, 1.54) is 4.57 Å². The summed E-state index contributed by atoms with van der Waals surface area (Å²) >= 11 is 0. The molecule has 43 heavy (non-hydrogen) atoms. The molecule has 0 aliphatic heterocycles. The zero-order valence-corrected chi connectivity index (χ0v) is 24.6. The fraction of sp³-hybridized carbons (Fsp3) is 0.273. The molecule has 0 atom stereocenters. The molecule has 0 aliphatic carbocycles. The molecular formula is C33H34N8O2. The van der Waals surface area contributed by atoms with Crippen LogP contribution in [-0.4, -0.2) is 39.3 Å². The van der Waals surface area contributed by atoms with Crippen LogP contribution in [0.15, 0.2) is 88.5 Å². The van der Waals surface area contributed by atoms with Gasteiger partial charge < -0.3 is 4.57 Å². The second-order valence-corrected chi connectivity index (χ2v) is 11.0. The molecule has 218 valence electrons. The number of benzene rings is 3. The van der Waals surface area contributed by atoms with E-state index in [4.69, 9.17) is 4.98 Å². The van der Waals surface area contributed by atoms with E-state index in [1.807, 2.05) is 66.1 Å². The van der Waals surface area contributed by atoms with Crippen LogP contribution in [0.1, 0.15) is 50.1 Å². The van der Waals surface area contributed by atoms with Gasteiger partial charge in [0.1, 0.15) is 5.82 Å². The summed E-state index contributed by atoms with van der Waals surface area (Å²) in [7, 11) is 0. The van der Waals surface area contributed by atoms with Gasteiger partial charge in [0.05, 0.1) is 0 Å². The van der Waals surface area contributed by atoms with Gasteiger partial charge in [-0.05, 0) is 45.5 Å². The highest BCUT2D eigenvalue weighted by molar-refractivity contribution is 5.80. The van der Waals surface area contributed by atoms with Gasteiger partial charge in [0.15, 0.2) is 17.0 Å². The Kier molecular flexibility index (Phi) is 7.83. The highest BCUT2D eigenvalue weighted by Gasteiger charge is 2.23. The van der Waals surface area contributed by atoms with Crippen LogP contribution in [0.25, 0.3) is 33.7 Å². The van der Waals surface area contributed by atoms with E-state index in [9.17, 15) is 9.59 Å². The number of H-pyrrole nitrogens is 1. The summed E-state index contributed by atoms with van der Waals surface area (Å²) < 4.78 is 5.05. The van der Waals surface area contributed by atoms with Crippen LogP contribution in [0.5, 0.6) is 0 Å². The molecule has 0 unspecified atom stereocenters. The number of hydrogen-bond donors (Lipinski definition) is 1. The van der Waals surface area contributed by atoms with E-state index < -0.39 is 0 Å². The fourth-order valence-corrected chi connectivity index (χ4v) is 5.60. The van der Waals surface area contributed by atoms with Crippen molar-refractivity contribution in [3.05, 3.63) is 117 Å². The van der Waals surface area contributed by atoms with Crippen LogP contribution in [0.4, 0.5) is 0 Å². The summed E-state index contributed by atoms with van der Waals surface area (Å²) in [6, 6.07) is 26.3. The zero-order chi connectivity index (χ0) is 29.9. The van der Waals surface area contributed by atoms with E-state index in [0.717, 1.165) is 33.6 Å². The quantitative estimate of drug-likeness (QED) is 0.245. The molecular weight excluding hydrogens is 540 g/mol. The van der Waals surface area contributed by atoms with Gasteiger partial charge in [0.25, 0.3) is 5.56 Å². The molecule has 10 nitrogen and oxygen atoms in total. The molecule has 0 bridgehead atoms. The molecule has 0 saturated carbocycles. The van der Waals surface area contributed by atoms with Gasteiger partial charge in [0.2, 0.25) is 0 Å². The van der Waals surface area contributed by atoms with Crippen LogP contribution in [-0.2, 0) is 26.1 Å². The summed E-state index contributed by atoms with van der Waals surface area (Å²) in [5.41, 5.74) is 5.42. The average Bonchev–Trinajstić information content (AvgIpc) is 3.69. The van der Waals surface area contributed by atoms with Gasteiger partial charge in [-0.25, -0.2) is 14.9 Å². The maximum Gasteiger partial charge on any atom is 0.332 e. The van der Waals surface area contributed by atoms with Crippen molar-refractivity contribution in [3.63, 3.8) is 0 Å². The SMILES string of the molecule is CCCn1c(=O)c2c(nc(C(C)C)n2Cc2ccc(-c3ccccc3-c3nnn[nH]3)cc2)n(CCc2ccccc2)c1=O. The Bertz CT molecular complexity index is 1970. The molecule has 6 rings (SSSR count). The smallest absolute Gasteiger partial charge is 0.317 e. The Balaban J connectivity index is 1.42. The number of tetrazole rings is 1. The number of nitrogens with one attached hydrogen (secondary N) is 1. The van der Waals surface area contributed by atoms with E-state index in [2.05, 4.69) is 58.7 Å². The second-order valence-electron chi connectivity index (χ2n) is 11.0. The molecule has 3 heterocycles. The molecule has 0 aliphatic rings. The minimum Gasteiger partial charge on any atom is -0.317 e. The lowest BCUT2D eigenvalue weighted by molar-refractivity contribution is 0.558. The summed E-state index contributed by atoms with van der Waals surface area (Å²) in [6.45, 7) is 7.35. The Labute approximate surface area is 248 Å². The predicted octanol–water partition coefficient (Wildman–Crippen LogP) is 5.03. The molecule has 3 aromatic carbocycles. The molecule has 3 aromatic heterocycles. The highest BCUT2D eigenvalue weighted by Crippen LogP contribution is 2.30. The van der Waals surface area contributed by atoms with Crippen LogP contribution < -0.4 is 11.2 Å². The molecule has 6 aromatic rings. The number of hydrogen-bond acceptors (Lipinski definition) is 6. The number of fused-ring (bicyclic) bond motifs is 1. The van der Waals surface area contributed by atoms with E-state index >= 15 is 0 Å². The van der Waals surface area contributed by atoms with Crippen molar-refractivity contribution < 1.29 is 0 Å². The van der Waals surface area contributed by atoms with Crippen molar-refractivity contribution in [2.45, 2.75) is 59.2 Å². The van der Waals surface area contributed by atoms with E-state index in [-0.39, 0.29) is 17.2 Å². The molecule has 1 N–H and O–H groups in total. The summed E-state index contributed by atoms with van der Waals surface area (Å²) in [4.78, 5) is 32.4. The number of aryl methyl sites for hydroxylation is 2. The Morgan fingerprint density at radius 3 is 2.19 bits per heavy atom. The van der Waals surface area contributed by atoms with Gasteiger partial charge in [-0.15, -0.1) is 5.10 Å². The van der Waals surface area contributed by atoms with Crippen molar-refractivity contribution in [2.75, 3.05) is 0 Å². The third-order valence-corrected chi connectivity index (χ3v) is 7.71. The molecule has 0 spiro atoms. The first kappa shape index (κ1) is 28.0. The van der Waals surface area contributed by atoms with Crippen LogP contribution in [0.2, 0.25) is 0 Å². The third kappa shape index (κ3) is 5.43. The van der Waals surface area contributed by atoms with Gasteiger partial charge in [-0.1, -0.05) is 99.6 Å². The lowest BCUT2D eigenvalue weighted by Gasteiger charge is -2.14. The fourth-order valence-electron chi connectivity index (χ4n) is 5.60. The number of aromatic amines is 1.